The highest BCUT2D eigenvalue weighted by atomic mass is 19.1. The van der Waals surface area contributed by atoms with Gasteiger partial charge in [-0.15, -0.1) is 0 Å². The zero-order valence-corrected chi connectivity index (χ0v) is 8.62. The molecule has 2 aromatic rings. The third-order valence-corrected chi connectivity index (χ3v) is 2.60. The number of hydrogen-bond donors (Lipinski definition) is 1. The second-order valence-corrected chi connectivity index (χ2v) is 3.46. The molecule has 0 aliphatic rings. The summed E-state index contributed by atoms with van der Waals surface area (Å²) in [6, 6.07) is 1.51. The Morgan fingerprint density at radius 2 is 2.20 bits per heavy atom. The minimum atomic E-state index is -0.425. The van der Waals surface area contributed by atoms with Crippen LogP contribution >= 0.6 is 0 Å². The van der Waals surface area contributed by atoms with Gasteiger partial charge in [-0.05, 0) is 13.0 Å². The second kappa shape index (κ2) is 3.12. The molecule has 0 unspecified atom stereocenters. The molecular weight excluding hydrogens is 197 g/mol. The Hall–Kier alpha value is -1.78. The van der Waals surface area contributed by atoms with Gasteiger partial charge in [0.25, 0.3) is 5.56 Å². The van der Waals surface area contributed by atoms with Gasteiger partial charge in [-0.1, -0.05) is 0 Å². The van der Waals surface area contributed by atoms with E-state index in [0.717, 1.165) is 0 Å². The van der Waals surface area contributed by atoms with Crippen LogP contribution in [0.2, 0.25) is 0 Å². The molecule has 0 aliphatic heterocycles. The number of nitrogens with zero attached hydrogens (tertiary/aromatic N) is 2. The standard InChI is InChI=1S/C10H12FN3O/c1-3-14-5-7(11)9-6(10(14)15)4-8(12)13(9)2/h4-5H,3,12H2,1-2H3. The number of pyridine rings is 1. The van der Waals surface area contributed by atoms with Gasteiger partial charge in [-0.2, -0.15) is 0 Å². The van der Waals surface area contributed by atoms with Crippen LogP contribution in [0.15, 0.2) is 17.1 Å². The molecule has 0 aromatic carbocycles. The second-order valence-electron chi connectivity index (χ2n) is 3.46. The fourth-order valence-corrected chi connectivity index (χ4v) is 1.72. The summed E-state index contributed by atoms with van der Waals surface area (Å²) in [4.78, 5) is 11.8. The lowest BCUT2D eigenvalue weighted by Crippen LogP contribution is -2.19. The number of nitrogen functional groups attached to an aromatic ring is 1. The lowest BCUT2D eigenvalue weighted by molar-refractivity contribution is 0.598. The number of nitrogens with two attached hydrogens (primary N) is 1. The lowest BCUT2D eigenvalue weighted by Gasteiger charge is -2.04. The molecule has 0 aliphatic carbocycles. The number of rotatable bonds is 1. The maximum absolute atomic E-state index is 13.7. The minimum absolute atomic E-state index is 0.207. The van der Waals surface area contributed by atoms with E-state index in [1.165, 1.54) is 21.4 Å². The average Bonchev–Trinajstić information content (AvgIpc) is 2.50. The van der Waals surface area contributed by atoms with Crippen molar-refractivity contribution in [2.24, 2.45) is 7.05 Å². The van der Waals surface area contributed by atoms with E-state index in [-0.39, 0.29) is 11.1 Å². The maximum Gasteiger partial charge on any atom is 0.260 e. The van der Waals surface area contributed by atoms with Crippen LogP contribution < -0.4 is 11.3 Å². The Morgan fingerprint density at radius 3 is 2.80 bits per heavy atom. The number of halogens is 1. The molecule has 0 radical (unpaired) electrons. The molecule has 0 amide bonds. The van der Waals surface area contributed by atoms with E-state index in [4.69, 9.17) is 5.73 Å². The molecule has 80 valence electrons. The van der Waals surface area contributed by atoms with E-state index in [1.807, 2.05) is 0 Å². The highest BCUT2D eigenvalue weighted by Gasteiger charge is 2.13. The van der Waals surface area contributed by atoms with Gasteiger partial charge in [-0.3, -0.25) is 4.79 Å². The fourth-order valence-electron chi connectivity index (χ4n) is 1.72. The average molecular weight is 209 g/mol. The first-order valence-electron chi connectivity index (χ1n) is 4.70. The number of fused-ring (bicyclic) bond motifs is 1. The summed E-state index contributed by atoms with van der Waals surface area (Å²) in [6.45, 7) is 2.24. The van der Waals surface area contributed by atoms with Gasteiger partial charge in [0, 0.05) is 19.8 Å². The van der Waals surface area contributed by atoms with Crippen LogP contribution in [0, 0.1) is 5.82 Å². The van der Waals surface area contributed by atoms with E-state index in [1.54, 1.807) is 14.0 Å². The molecule has 5 heteroatoms. The van der Waals surface area contributed by atoms with Gasteiger partial charge in [0.1, 0.15) is 5.82 Å². The van der Waals surface area contributed by atoms with Crippen LogP contribution in [0.1, 0.15) is 6.92 Å². The first-order valence-corrected chi connectivity index (χ1v) is 4.70. The van der Waals surface area contributed by atoms with Crippen LogP contribution in [-0.4, -0.2) is 9.13 Å². The third kappa shape index (κ3) is 1.23. The van der Waals surface area contributed by atoms with Crippen molar-refractivity contribution in [2.75, 3.05) is 5.73 Å². The molecule has 2 rings (SSSR count). The zero-order chi connectivity index (χ0) is 11.2. The summed E-state index contributed by atoms with van der Waals surface area (Å²) in [5, 5.41) is 0.330. The van der Waals surface area contributed by atoms with Gasteiger partial charge in [0.05, 0.1) is 10.9 Å². The van der Waals surface area contributed by atoms with Crippen LogP contribution in [0.4, 0.5) is 10.2 Å². The van der Waals surface area contributed by atoms with Crippen molar-refractivity contribution in [1.82, 2.24) is 9.13 Å². The predicted octanol–water partition coefficient (Wildman–Crippen LogP) is 1.08. The van der Waals surface area contributed by atoms with E-state index in [2.05, 4.69) is 0 Å². The van der Waals surface area contributed by atoms with Crippen molar-refractivity contribution in [2.45, 2.75) is 13.5 Å². The number of hydrogen-bond acceptors (Lipinski definition) is 2. The van der Waals surface area contributed by atoms with Crippen LogP contribution in [-0.2, 0) is 13.6 Å². The molecule has 0 spiro atoms. The largest absolute Gasteiger partial charge is 0.385 e. The number of aryl methyl sites for hydroxylation is 2. The fraction of sp³-hybridized carbons (Fsp3) is 0.300. The van der Waals surface area contributed by atoms with Crippen molar-refractivity contribution >= 4 is 16.7 Å². The quantitative estimate of drug-likeness (QED) is 0.764. The summed E-state index contributed by atoms with van der Waals surface area (Å²) in [7, 11) is 1.64. The predicted molar refractivity (Wildman–Crippen MR) is 57.2 cm³/mol. The molecule has 0 saturated heterocycles. The molecule has 15 heavy (non-hydrogen) atoms. The van der Waals surface area contributed by atoms with Gasteiger partial charge in [0.15, 0.2) is 5.82 Å². The molecule has 0 atom stereocenters. The van der Waals surface area contributed by atoms with Crippen LogP contribution in [0.25, 0.3) is 10.9 Å². The number of aromatic nitrogens is 2. The Bertz CT molecular complexity index is 582. The highest BCUT2D eigenvalue weighted by Crippen LogP contribution is 2.19. The Kier molecular flexibility index (Phi) is 2.03. The monoisotopic (exact) mass is 209 g/mol. The Balaban J connectivity index is 3.00. The van der Waals surface area contributed by atoms with Gasteiger partial charge in [0.2, 0.25) is 0 Å². The van der Waals surface area contributed by atoms with Crippen molar-refractivity contribution in [3.63, 3.8) is 0 Å². The Morgan fingerprint density at radius 1 is 1.53 bits per heavy atom. The maximum atomic E-state index is 13.7. The SMILES string of the molecule is CCn1cc(F)c2c(cc(N)n2C)c1=O. The molecule has 0 bridgehead atoms. The first-order chi connectivity index (χ1) is 7.06. The van der Waals surface area contributed by atoms with Crippen molar-refractivity contribution in [3.05, 3.63) is 28.4 Å². The van der Waals surface area contributed by atoms with E-state index in [0.29, 0.717) is 17.7 Å². The molecule has 2 N–H and O–H groups in total. The summed E-state index contributed by atoms with van der Waals surface area (Å²) in [5.41, 5.74) is 5.69. The molecule has 2 heterocycles. The molecule has 4 nitrogen and oxygen atoms in total. The van der Waals surface area contributed by atoms with Crippen LogP contribution in [0.5, 0.6) is 0 Å². The number of anilines is 1. The topological polar surface area (TPSA) is 52.9 Å². The van der Waals surface area contributed by atoms with Crippen molar-refractivity contribution < 1.29 is 4.39 Å². The Labute approximate surface area is 85.7 Å². The van der Waals surface area contributed by atoms with Gasteiger partial charge < -0.3 is 14.9 Å². The van der Waals surface area contributed by atoms with Gasteiger partial charge in [-0.25, -0.2) is 4.39 Å². The first kappa shape index (κ1) is 9.76. The van der Waals surface area contributed by atoms with E-state index < -0.39 is 5.82 Å². The molecule has 2 aromatic heterocycles. The van der Waals surface area contributed by atoms with E-state index in [9.17, 15) is 9.18 Å². The van der Waals surface area contributed by atoms with Crippen molar-refractivity contribution in [3.8, 4) is 0 Å². The third-order valence-electron chi connectivity index (χ3n) is 2.60. The zero-order valence-electron chi connectivity index (χ0n) is 8.62. The van der Waals surface area contributed by atoms with Crippen LogP contribution in [0.3, 0.4) is 0 Å². The minimum Gasteiger partial charge on any atom is -0.385 e. The summed E-state index contributed by atoms with van der Waals surface area (Å²) in [6.07, 6.45) is 1.21. The summed E-state index contributed by atoms with van der Waals surface area (Å²) >= 11 is 0. The smallest absolute Gasteiger partial charge is 0.260 e. The van der Waals surface area contributed by atoms with E-state index >= 15 is 0 Å². The summed E-state index contributed by atoms with van der Waals surface area (Å²) < 4.78 is 16.5. The van der Waals surface area contributed by atoms with Gasteiger partial charge >= 0.3 is 0 Å². The highest BCUT2D eigenvalue weighted by molar-refractivity contribution is 5.83. The lowest BCUT2D eigenvalue weighted by atomic mass is 10.3. The molecule has 0 saturated carbocycles. The van der Waals surface area contributed by atoms with Crippen molar-refractivity contribution in [1.29, 1.82) is 0 Å². The molecule has 0 fully saturated rings. The summed E-state index contributed by atoms with van der Waals surface area (Å²) in [5.74, 6) is -0.0412. The molecular formula is C10H12FN3O. The normalized spacial score (nSPS) is 11.1.